The summed E-state index contributed by atoms with van der Waals surface area (Å²) in [4.78, 5) is 7.07. The van der Waals surface area contributed by atoms with Gasteiger partial charge in [0.1, 0.15) is 17.7 Å². The zero-order valence-electron chi connectivity index (χ0n) is 12.8. The summed E-state index contributed by atoms with van der Waals surface area (Å²) in [6.45, 7) is 6.04. The number of aromatic amines is 1. The van der Waals surface area contributed by atoms with Gasteiger partial charge in [-0.3, -0.25) is 4.31 Å². The van der Waals surface area contributed by atoms with Crippen LogP contribution in [-0.4, -0.2) is 31.0 Å². The lowest BCUT2D eigenvalue weighted by Crippen LogP contribution is -2.42. The van der Waals surface area contributed by atoms with Crippen LogP contribution in [0.25, 0.3) is 0 Å². The molecule has 3 rings (SSSR count). The fraction of sp³-hybridized carbons (Fsp3) is 0.400. The lowest BCUT2D eigenvalue weighted by Gasteiger charge is -2.33. The quantitative estimate of drug-likeness (QED) is 0.942. The van der Waals surface area contributed by atoms with Crippen LogP contribution in [0.1, 0.15) is 32.5 Å². The minimum atomic E-state index is -3.69. The summed E-state index contributed by atoms with van der Waals surface area (Å²) in [5, 5.41) is 0.111. The average Bonchev–Trinajstić information content (AvgIpc) is 2.97. The van der Waals surface area contributed by atoms with Gasteiger partial charge in [0, 0.05) is 5.92 Å². The number of ether oxygens (including phenoxy) is 1. The number of benzene rings is 1. The van der Waals surface area contributed by atoms with Crippen molar-refractivity contribution >= 4 is 15.7 Å². The number of fused-ring (bicyclic) bond motifs is 1. The third-order valence-corrected chi connectivity index (χ3v) is 5.26. The number of aromatic nitrogens is 2. The molecule has 0 saturated carbocycles. The highest BCUT2D eigenvalue weighted by atomic mass is 32.2. The van der Waals surface area contributed by atoms with Gasteiger partial charge in [-0.15, -0.1) is 0 Å². The minimum absolute atomic E-state index is 0.111. The van der Waals surface area contributed by atoms with Crippen LogP contribution in [0.3, 0.4) is 0 Å². The van der Waals surface area contributed by atoms with Crippen molar-refractivity contribution < 1.29 is 13.2 Å². The number of nitrogens with zero attached hydrogens (tertiary/aromatic N) is 2. The summed E-state index contributed by atoms with van der Waals surface area (Å²) in [7, 11) is -3.69. The molecule has 1 aliphatic heterocycles. The van der Waals surface area contributed by atoms with Crippen LogP contribution in [0.2, 0.25) is 0 Å². The molecule has 0 saturated heterocycles. The van der Waals surface area contributed by atoms with Gasteiger partial charge in [-0.1, -0.05) is 26.0 Å². The molecule has 118 valence electrons. The molecule has 0 aliphatic carbocycles. The second-order valence-electron chi connectivity index (χ2n) is 5.72. The smallest absolute Gasteiger partial charge is 0.281 e. The van der Waals surface area contributed by atoms with Crippen LogP contribution in [-0.2, 0) is 10.0 Å². The predicted molar refractivity (Wildman–Crippen MR) is 83.7 cm³/mol. The molecule has 0 radical (unpaired) electrons. The number of hydrogen-bond acceptors (Lipinski definition) is 4. The third kappa shape index (κ3) is 2.45. The van der Waals surface area contributed by atoms with E-state index >= 15 is 0 Å². The predicted octanol–water partition coefficient (Wildman–Crippen LogP) is 2.51. The molecular weight excluding hydrogens is 302 g/mol. The van der Waals surface area contributed by atoms with Crippen LogP contribution in [0.4, 0.5) is 5.69 Å². The van der Waals surface area contributed by atoms with E-state index in [0.717, 1.165) is 0 Å². The van der Waals surface area contributed by atoms with Gasteiger partial charge in [0.25, 0.3) is 10.0 Å². The first-order chi connectivity index (χ1) is 10.4. The molecular formula is C15H19N3O3S. The molecule has 1 atom stereocenters. The third-order valence-electron chi connectivity index (χ3n) is 3.57. The summed E-state index contributed by atoms with van der Waals surface area (Å²) in [6, 6.07) is 7.15. The van der Waals surface area contributed by atoms with Crippen molar-refractivity contribution in [3.63, 3.8) is 0 Å². The zero-order chi connectivity index (χ0) is 15.9. The fourth-order valence-corrected chi connectivity index (χ4v) is 3.91. The summed E-state index contributed by atoms with van der Waals surface area (Å²) >= 11 is 0. The molecule has 2 aromatic rings. The van der Waals surface area contributed by atoms with Gasteiger partial charge in [0.2, 0.25) is 0 Å². The van der Waals surface area contributed by atoms with E-state index in [2.05, 4.69) is 9.97 Å². The number of H-pyrrole nitrogens is 1. The zero-order valence-corrected chi connectivity index (χ0v) is 13.6. The molecule has 2 heterocycles. The molecule has 0 fully saturated rings. The van der Waals surface area contributed by atoms with Crippen LogP contribution in [0.15, 0.2) is 35.5 Å². The molecule has 1 unspecified atom stereocenters. The molecule has 6 nitrogen and oxygen atoms in total. The topological polar surface area (TPSA) is 75.3 Å². The van der Waals surface area contributed by atoms with Crippen molar-refractivity contribution in [1.82, 2.24) is 9.97 Å². The van der Waals surface area contributed by atoms with Gasteiger partial charge in [-0.25, -0.2) is 4.98 Å². The first-order valence-corrected chi connectivity index (χ1v) is 8.67. The van der Waals surface area contributed by atoms with E-state index < -0.39 is 10.0 Å². The number of sulfonamides is 1. The van der Waals surface area contributed by atoms with Gasteiger partial charge >= 0.3 is 0 Å². The van der Waals surface area contributed by atoms with Crippen molar-refractivity contribution in [3.05, 3.63) is 36.3 Å². The number of rotatable bonds is 3. The molecule has 0 amide bonds. The number of hydrogen-bond donors (Lipinski definition) is 1. The molecule has 1 N–H and O–H groups in total. The minimum Gasteiger partial charge on any atom is -0.487 e. The van der Waals surface area contributed by atoms with Crippen LogP contribution >= 0.6 is 0 Å². The molecule has 1 aromatic carbocycles. The number of nitrogens with one attached hydrogen (secondary N) is 1. The van der Waals surface area contributed by atoms with E-state index in [4.69, 9.17) is 4.74 Å². The van der Waals surface area contributed by atoms with Gasteiger partial charge in [-0.2, -0.15) is 8.42 Å². The van der Waals surface area contributed by atoms with Gasteiger partial charge in [-0.05, 0) is 19.1 Å². The highest BCUT2D eigenvalue weighted by Gasteiger charge is 2.34. The molecule has 0 spiro atoms. The highest BCUT2D eigenvalue weighted by molar-refractivity contribution is 7.92. The molecule has 1 aliphatic rings. The van der Waals surface area contributed by atoms with E-state index in [1.165, 1.54) is 10.5 Å². The van der Waals surface area contributed by atoms with E-state index in [1.807, 2.05) is 26.8 Å². The van der Waals surface area contributed by atoms with E-state index in [9.17, 15) is 8.42 Å². The second-order valence-corrected chi connectivity index (χ2v) is 7.55. The van der Waals surface area contributed by atoms with Crippen molar-refractivity contribution in [2.45, 2.75) is 37.8 Å². The molecule has 22 heavy (non-hydrogen) atoms. The summed E-state index contributed by atoms with van der Waals surface area (Å²) in [5.74, 6) is 1.38. The maximum absolute atomic E-state index is 12.9. The SMILES string of the molecule is CC1CN(S(=O)(=O)c2cnc(C(C)C)[nH]2)c2ccccc2O1. The van der Waals surface area contributed by atoms with E-state index in [1.54, 1.807) is 18.2 Å². The van der Waals surface area contributed by atoms with Gasteiger partial charge in [0.15, 0.2) is 5.03 Å². The Labute approximate surface area is 130 Å². The Morgan fingerprint density at radius 2 is 2.09 bits per heavy atom. The van der Waals surface area contributed by atoms with Gasteiger partial charge < -0.3 is 9.72 Å². The lowest BCUT2D eigenvalue weighted by molar-refractivity contribution is 0.219. The Morgan fingerprint density at radius 1 is 1.36 bits per heavy atom. The highest BCUT2D eigenvalue weighted by Crippen LogP contribution is 2.36. The van der Waals surface area contributed by atoms with E-state index in [-0.39, 0.29) is 23.6 Å². The largest absolute Gasteiger partial charge is 0.487 e. The van der Waals surface area contributed by atoms with Crippen molar-refractivity contribution in [2.24, 2.45) is 0 Å². The first kappa shape index (κ1) is 14.9. The number of para-hydroxylation sites is 2. The summed E-state index contributed by atoms with van der Waals surface area (Å²) in [5.41, 5.74) is 0.557. The van der Waals surface area contributed by atoms with Crippen molar-refractivity contribution in [3.8, 4) is 5.75 Å². The lowest BCUT2D eigenvalue weighted by atomic mass is 10.2. The second kappa shape index (κ2) is 5.31. The monoisotopic (exact) mass is 321 g/mol. The Kier molecular flexibility index (Phi) is 3.60. The molecule has 7 heteroatoms. The maximum atomic E-state index is 12.9. The standard InChI is InChI=1S/C15H19N3O3S/c1-10(2)15-16-8-14(17-15)22(19,20)18-9-11(3)21-13-7-5-4-6-12(13)18/h4-8,10-11H,9H2,1-3H3,(H,16,17). The van der Waals surface area contributed by atoms with E-state index in [0.29, 0.717) is 17.3 Å². The molecule has 0 bridgehead atoms. The Balaban J connectivity index is 2.05. The van der Waals surface area contributed by atoms with Crippen LogP contribution < -0.4 is 9.04 Å². The molecule has 1 aromatic heterocycles. The Hall–Kier alpha value is -2.02. The van der Waals surface area contributed by atoms with Crippen LogP contribution in [0.5, 0.6) is 5.75 Å². The average molecular weight is 321 g/mol. The summed E-state index contributed by atoms with van der Waals surface area (Å²) < 4.78 is 32.9. The fourth-order valence-electron chi connectivity index (χ4n) is 2.44. The number of imidazole rings is 1. The maximum Gasteiger partial charge on any atom is 0.281 e. The van der Waals surface area contributed by atoms with Crippen molar-refractivity contribution in [2.75, 3.05) is 10.8 Å². The normalized spacial score (nSPS) is 18.2. The van der Waals surface area contributed by atoms with Crippen molar-refractivity contribution in [1.29, 1.82) is 0 Å². The number of anilines is 1. The Bertz CT molecular complexity index is 783. The Morgan fingerprint density at radius 3 is 2.77 bits per heavy atom. The summed E-state index contributed by atoms with van der Waals surface area (Å²) in [6.07, 6.45) is 1.17. The van der Waals surface area contributed by atoms with Crippen LogP contribution in [0, 0.1) is 0 Å². The van der Waals surface area contributed by atoms with Gasteiger partial charge in [0.05, 0.1) is 18.4 Å². The first-order valence-electron chi connectivity index (χ1n) is 7.23.